The first-order valence-corrected chi connectivity index (χ1v) is 11.3. The lowest BCUT2D eigenvalue weighted by atomic mass is 9.95. The van der Waals surface area contributed by atoms with Crippen LogP contribution in [0, 0.1) is 26.7 Å². The van der Waals surface area contributed by atoms with Crippen molar-refractivity contribution >= 4 is 28.3 Å². The number of nitrogens with zero attached hydrogens (tertiary/aromatic N) is 2. The van der Waals surface area contributed by atoms with Crippen LogP contribution in [0.1, 0.15) is 42.4 Å². The van der Waals surface area contributed by atoms with Crippen LogP contribution in [-0.2, 0) is 14.8 Å². The molecule has 2 heterocycles. The Balaban J connectivity index is 0.00000280. The van der Waals surface area contributed by atoms with Crippen molar-refractivity contribution in [1.29, 1.82) is 0 Å². The van der Waals surface area contributed by atoms with E-state index in [9.17, 15) is 13.2 Å². The summed E-state index contributed by atoms with van der Waals surface area (Å²) in [5.74, 6) is 0.0904. The number of rotatable bonds is 3. The highest BCUT2D eigenvalue weighted by Gasteiger charge is 2.35. The van der Waals surface area contributed by atoms with Gasteiger partial charge in [-0.15, -0.1) is 12.4 Å². The lowest BCUT2D eigenvalue weighted by molar-refractivity contribution is -0.137. The van der Waals surface area contributed by atoms with Crippen LogP contribution in [0.5, 0.6) is 0 Å². The molecule has 2 aliphatic heterocycles. The number of nitrogens with two attached hydrogens (primary N) is 1. The largest absolute Gasteiger partial charge is 0.342 e. The SMILES string of the molecule is Cc1cc(C)c(S(=O)(=O)N2CCC(C(=O)N3CCC(N)CC3)CC2)c(C)c1.Cl. The minimum atomic E-state index is -3.53. The molecule has 8 heteroatoms. The van der Waals surface area contributed by atoms with Crippen molar-refractivity contribution in [3.63, 3.8) is 0 Å². The third-order valence-electron chi connectivity index (χ3n) is 5.86. The third kappa shape index (κ3) is 4.70. The summed E-state index contributed by atoms with van der Waals surface area (Å²) in [6.07, 6.45) is 2.88. The van der Waals surface area contributed by atoms with Crippen LogP contribution in [0.4, 0.5) is 0 Å². The molecule has 2 N–H and O–H groups in total. The van der Waals surface area contributed by atoms with Crippen LogP contribution in [0.3, 0.4) is 0 Å². The van der Waals surface area contributed by atoms with E-state index in [2.05, 4.69) is 0 Å². The van der Waals surface area contributed by atoms with Crippen LogP contribution >= 0.6 is 12.4 Å². The zero-order valence-electron chi connectivity index (χ0n) is 17.0. The van der Waals surface area contributed by atoms with Crippen molar-refractivity contribution in [2.45, 2.75) is 57.4 Å². The Hall–Kier alpha value is -1.15. The van der Waals surface area contributed by atoms with Gasteiger partial charge in [0.1, 0.15) is 0 Å². The van der Waals surface area contributed by atoms with E-state index in [1.165, 1.54) is 0 Å². The fourth-order valence-electron chi connectivity index (χ4n) is 4.42. The van der Waals surface area contributed by atoms with E-state index in [1.54, 1.807) is 4.31 Å². The summed E-state index contributed by atoms with van der Waals surface area (Å²) in [4.78, 5) is 15.1. The Morgan fingerprint density at radius 1 is 0.964 bits per heavy atom. The Morgan fingerprint density at radius 2 is 1.46 bits per heavy atom. The predicted octanol–water partition coefficient (Wildman–Crippen LogP) is 2.38. The zero-order valence-corrected chi connectivity index (χ0v) is 18.6. The molecular weight excluding hydrogens is 398 g/mol. The molecule has 0 saturated carbocycles. The predicted molar refractivity (Wildman–Crippen MR) is 113 cm³/mol. The summed E-state index contributed by atoms with van der Waals surface area (Å²) in [5, 5.41) is 0. The normalized spacial score (nSPS) is 20.1. The molecule has 2 fully saturated rings. The van der Waals surface area contributed by atoms with E-state index in [0.717, 1.165) is 42.6 Å². The maximum Gasteiger partial charge on any atom is 0.243 e. The van der Waals surface area contributed by atoms with Crippen LogP contribution in [0.25, 0.3) is 0 Å². The van der Waals surface area contributed by atoms with Gasteiger partial charge in [-0.1, -0.05) is 17.7 Å². The highest BCUT2D eigenvalue weighted by molar-refractivity contribution is 7.89. The van der Waals surface area contributed by atoms with E-state index in [0.29, 0.717) is 30.8 Å². The quantitative estimate of drug-likeness (QED) is 0.799. The number of piperidine rings is 2. The number of halogens is 1. The Morgan fingerprint density at radius 3 is 1.96 bits per heavy atom. The number of hydrogen-bond donors (Lipinski definition) is 1. The number of likely N-dealkylation sites (tertiary alicyclic amines) is 1. The van der Waals surface area contributed by atoms with Crippen molar-refractivity contribution in [1.82, 2.24) is 9.21 Å². The van der Waals surface area contributed by atoms with Gasteiger partial charge in [-0.25, -0.2) is 8.42 Å². The van der Waals surface area contributed by atoms with Gasteiger partial charge in [-0.2, -0.15) is 4.31 Å². The Kier molecular flexibility index (Phi) is 7.53. The Labute approximate surface area is 174 Å². The topological polar surface area (TPSA) is 83.7 Å². The van der Waals surface area contributed by atoms with Gasteiger partial charge in [0.25, 0.3) is 0 Å². The number of hydrogen-bond acceptors (Lipinski definition) is 4. The minimum absolute atomic E-state index is 0. The van der Waals surface area contributed by atoms with Gasteiger partial charge < -0.3 is 10.6 Å². The molecule has 158 valence electrons. The molecule has 1 aromatic carbocycles. The van der Waals surface area contributed by atoms with Crippen molar-refractivity contribution in [3.8, 4) is 0 Å². The lowest BCUT2D eigenvalue weighted by Gasteiger charge is -2.36. The lowest BCUT2D eigenvalue weighted by Crippen LogP contribution is -2.48. The molecule has 0 spiro atoms. The van der Waals surface area contributed by atoms with Crippen LogP contribution in [0.2, 0.25) is 0 Å². The highest BCUT2D eigenvalue weighted by atomic mass is 35.5. The third-order valence-corrected chi connectivity index (χ3v) is 8.06. The fourth-order valence-corrected chi connectivity index (χ4v) is 6.31. The first-order valence-electron chi connectivity index (χ1n) is 9.82. The average Bonchev–Trinajstić information content (AvgIpc) is 2.61. The van der Waals surface area contributed by atoms with E-state index >= 15 is 0 Å². The molecule has 3 rings (SSSR count). The maximum absolute atomic E-state index is 13.2. The second-order valence-corrected chi connectivity index (χ2v) is 9.94. The fraction of sp³-hybridized carbons (Fsp3) is 0.650. The molecule has 0 atom stereocenters. The van der Waals surface area contributed by atoms with Crippen LogP contribution in [0.15, 0.2) is 17.0 Å². The van der Waals surface area contributed by atoms with Gasteiger partial charge in [0.2, 0.25) is 15.9 Å². The van der Waals surface area contributed by atoms with Crippen molar-refractivity contribution < 1.29 is 13.2 Å². The van der Waals surface area contributed by atoms with Crippen LogP contribution in [-0.4, -0.2) is 55.8 Å². The van der Waals surface area contributed by atoms with E-state index in [-0.39, 0.29) is 30.3 Å². The number of carbonyl (C=O) groups excluding carboxylic acids is 1. The van der Waals surface area contributed by atoms with Gasteiger partial charge in [-0.05, 0) is 57.6 Å². The zero-order chi connectivity index (χ0) is 19.8. The molecule has 1 aromatic rings. The van der Waals surface area contributed by atoms with E-state index in [4.69, 9.17) is 5.73 Å². The number of amides is 1. The summed E-state index contributed by atoms with van der Waals surface area (Å²) < 4.78 is 27.9. The average molecular weight is 430 g/mol. The number of aryl methyl sites for hydroxylation is 3. The standard InChI is InChI=1S/C20H31N3O3S.ClH/c1-14-12-15(2)19(16(3)13-14)27(25,26)23-10-4-17(5-11-23)20(24)22-8-6-18(21)7-9-22;/h12-13,17-18H,4-11,21H2,1-3H3;1H. The second kappa shape index (κ2) is 9.11. The van der Waals surface area contributed by atoms with Gasteiger partial charge in [0.05, 0.1) is 4.90 Å². The van der Waals surface area contributed by atoms with Gasteiger partial charge in [0, 0.05) is 38.1 Å². The minimum Gasteiger partial charge on any atom is -0.342 e. The van der Waals surface area contributed by atoms with Crippen molar-refractivity contribution in [2.24, 2.45) is 11.7 Å². The summed E-state index contributed by atoms with van der Waals surface area (Å²) in [5.41, 5.74) is 8.56. The summed E-state index contributed by atoms with van der Waals surface area (Å²) in [6.45, 7) is 7.92. The number of sulfonamides is 1. The molecular formula is C20H32ClN3O3S. The second-order valence-electron chi connectivity index (χ2n) is 8.07. The molecule has 2 aliphatic rings. The first-order chi connectivity index (χ1) is 12.7. The summed E-state index contributed by atoms with van der Waals surface area (Å²) in [6, 6.07) is 4.02. The molecule has 2 saturated heterocycles. The number of benzene rings is 1. The molecule has 28 heavy (non-hydrogen) atoms. The van der Waals surface area contributed by atoms with Gasteiger partial charge in [-0.3, -0.25) is 4.79 Å². The molecule has 0 radical (unpaired) electrons. The smallest absolute Gasteiger partial charge is 0.243 e. The van der Waals surface area contributed by atoms with Crippen molar-refractivity contribution in [2.75, 3.05) is 26.2 Å². The van der Waals surface area contributed by atoms with E-state index < -0.39 is 10.0 Å². The Bertz CT molecular complexity index is 789. The van der Waals surface area contributed by atoms with Gasteiger partial charge >= 0.3 is 0 Å². The maximum atomic E-state index is 13.2. The molecule has 0 bridgehead atoms. The van der Waals surface area contributed by atoms with Gasteiger partial charge in [0.15, 0.2) is 0 Å². The summed E-state index contributed by atoms with van der Waals surface area (Å²) in [7, 11) is -3.53. The summed E-state index contributed by atoms with van der Waals surface area (Å²) >= 11 is 0. The molecule has 0 unspecified atom stereocenters. The van der Waals surface area contributed by atoms with E-state index in [1.807, 2.05) is 37.8 Å². The first kappa shape index (κ1) is 23.1. The molecule has 0 aromatic heterocycles. The van der Waals surface area contributed by atoms with Crippen LogP contribution < -0.4 is 5.73 Å². The monoisotopic (exact) mass is 429 g/mol. The number of carbonyl (C=O) groups is 1. The highest BCUT2D eigenvalue weighted by Crippen LogP contribution is 2.29. The molecule has 1 amide bonds. The van der Waals surface area contributed by atoms with Crippen molar-refractivity contribution in [3.05, 3.63) is 28.8 Å². The molecule has 6 nitrogen and oxygen atoms in total. The molecule has 0 aliphatic carbocycles.